The number of halogens is 1. The maximum absolute atomic E-state index is 11.9. The Morgan fingerprint density at radius 3 is 2.55 bits per heavy atom. The van der Waals surface area contributed by atoms with Crippen LogP contribution in [0.2, 0.25) is 5.02 Å². The molecule has 0 heterocycles. The summed E-state index contributed by atoms with van der Waals surface area (Å²) in [5.41, 5.74) is 2.31. The molecule has 2 nitrogen and oxygen atoms in total. The van der Waals surface area contributed by atoms with Gasteiger partial charge in [-0.15, -0.1) is 11.8 Å². The van der Waals surface area contributed by atoms with E-state index in [2.05, 4.69) is 24.4 Å². The molecule has 4 heteroatoms. The number of thioether (sulfide) groups is 1. The molecule has 116 valence electrons. The van der Waals surface area contributed by atoms with Crippen molar-refractivity contribution in [1.29, 1.82) is 0 Å². The number of hydrogen-bond donors (Lipinski definition) is 1. The third-order valence-electron chi connectivity index (χ3n) is 3.42. The number of carbonyl (C=O) groups excluding carboxylic acids is 1. The second-order valence-corrected chi connectivity index (χ2v) is 6.59. The van der Waals surface area contributed by atoms with Crippen LogP contribution in [-0.2, 0) is 10.5 Å². The van der Waals surface area contributed by atoms with E-state index in [0.717, 1.165) is 16.3 Å². The first-order chi connectivity index (χ1) is 10.7. The minimum Gasteiger partial charge on any atom is -0.355 e. The van der Waals surface area contributed by atoms with E-state index < -0.39 is 0 Å². The fourth-order valence-corrected chi connectivity index (χ4v) is 3.23. The molecule has 0 unspecified atom stereocenters. The smallest absolute Gasteiger partial charge is 0.230 e. The maximum Gasteiger partial charge on any atom is 0.230 e. The van der Waals surface area contributed by atoms with E-state index in [1.807, 2.05) is 42.5 Å². The third kappa shape index (κ3) is 5.39. The molecule has 0 saturated heterocycles. The highest BCUT2D eigenvalue weighted by atomic mass is 35.5. The van der Waals surface area contributed by atoms with Gasteiger partial charge in [0.15, 0.2) is 0 Å². The summed E-state index contributed by atoms with van der Waals surface area (Å²) in [6, 6.07) is 18.0. The molecular formula is C18H20ClNOS. The topological polar surface area (TPSA) is 29.1 Å². The van der Waals surface area contributed by atoms with Gasteiger partial charge >= 0.3 is 0 Å². The average Bonchev–Trinajstić information content (AvgIpc) is 2.55. The molecule has 0 aliphatic heterocycles. The van der Waals surface area contributed by atoms with Crippen LogP contribution >= 0.6 is 23.4 Å². The van der Waals surface area contributed by atoms with Crippen LogP contribution in [0.1, 0.15) is 24.0 Å². The molecule has 0 bridgehead atoms. The molecule has 0 aliphatic carbocycles. The normalized spacial score (nSPS) is 11.9. The van der Waals surface area contributed by atoms with Crippen molar-refractivity contribution >= 4 is 29.3 Å². The summed E-state index contributed by atoms with van der Waals surface area (Å²) < 4.78 is 0. The lowest BCUT2D eigenvalue weighted by Crippen LogP contribution is -2.29. The van der Waals surface area contributed by atoms with Crippen molar-refractivity contribution in [2.45, 2.75) is 18.6 Å². The molecule has 2 aromatic rings. The highest BCUT2D eigenvalue weighted by Gasteiger charge is 2.08. The minimum atomic E-state index is 0.0693. The van der Waals surface area contributed by atoms with Crippen LogP contribution in [0.25, 0.3) is 0 Å². The van der Waals surface area contributed by atoms with E-state index in [1.54, 1.807) is 11.8 Å². The van der Waals surface area contributed by atoms with E-state index in [1.165, 1.54) is 5.56 Å². The van der Waals surface area contributed by atoms with E-state index >= 15 is 0 Å². The quantitative estimate of drug-likeness (QED) is 0.808. The Morgan fingerprint density at radius 2 is 1.82 bits per heavy atom. The van der Waals surface area contributed by atoms with Crippen LogP contribution in [0.3, 0.4) is 0 Å². The zero-order valence-corrected chi connectivity index (χ0v) is 14.2. The summed E-state index contributed by atoms with van der Waals surface area (Å²) in [4.78, 5) is 11.9. The van der Waals surface area contributed by atoms with Gasteiger partial charge in [0.25, 0.3) is 0 Å². The van der Waals surface area contributed by atoms with Crippen molar-refractivity contribution < 1.29 is 4.79 Å². The van der Waals surface area contributed by atoms with Gasteiger partial charge in [-0.2, -0.15) is 0 Å². The molecule has 0 aromatic heterocycles. The van der Waals surface area contributed by atoms with Crippen molar-refractivity contribution in [1.82, 2.24) is 5.32 Å². The predicted molar refractivity (Wildman–Crippen MR) is 95.5 cm³/mol. The Morgan fingerprint density at radius 1 is 1.14 bits per heavy atom. The number of rotatable bonds is 7. The first-order valence-electron chi connectivity index (χ1n) is 7.29. The van der Waals surface area contributed by atoms with Crippen molar-refractivity contribution in [2.75, 3.05) is 12.3 Å². The summed E-state index contributed by atoms with van der Waals surface area (Å²) in [5, 5.41) is 3.75. The van der Waals surface area contributed by atoms with Gasteiger partial charge in [-0.05, 0) is 23.1 Å². The number of hydrogen-bond acceptors (Lipinski definition) is 2. The maximum atomic E-state index is 11.9. The summed E-state index contributed by atoms with van der Waals surface area (Å²) in [6.07, 6.45) is 0. The molecule has 0 saturated carbocycles. The molecule has 22 heavy (non-hydrogen) atoms. The van der Waals surface area contributed by atoms with Crippen molar-refractivity contribution in [3.63, 3.8) is 0 Å². The van der Waals surface area contributed by atoms with E-state index in [4.69, 9.17) is 11.6 Å². The monoisotopic (exact) mass is 333 g/mol. The zero-order chi connectivity index (χ0) is 15.8. The van der Waals surface area contributed by atoms with Gasteiger partial charge in [-0.25, -0.2) is 0 Å². The summed E-state index contributed by atoms with van der Waals surface area (Å²) in [5.74, 6) is 1.59. The minimum absolute atomic E-state index is 0.0693. The lowest BCUT2D eigenvalue weighted by atomic mass is 10.0. The van der Waals surface area contributed by atoms with E-state index in [-0.39, 0.29) is 5.91 Å². The van der Waals surface area contributed by atoms with Crippen LogP contribution in [0.4, 0.5) is 0 Å². The number of amides is 1. The van der Waals surface area contributed by atoms with Crippen LogP contribution in [0.15, 0.2) is 54.6 Å². The van der Waals surface area contributed by atoms with Crippen LogP contribution in [-0.4, -0.2) is 18.2 Å². The molecule has 1 amide bonds. The largest absolute Gasteiger partial charge is 0.355 e. The summed E-state index contributed by atoms with van der Waals surface area (Å²) in [7, 11) is 0. The molecule has 0 fully saturated rings. The van der Waals surface area contributed by atoms with Crippen LogP contribution < -0.4 is 5.32 Å². The van der Waals surface area contributed by atoms with Gasteiger partial charge < -0.3 is 5.32 Å². The second-order valence-electron chi connectivity index (χ2n) is 5.20. The molecule has 1 N–H and O–H groups in total. The molecular weight excluding hydrogens is 314 g/mol. The number of benzene rings is 2. The Labute approximate surface area is 141 Å². The SMILES string of the molecule is C[C@H](CNC(=O)CSCc1ccccc1Cl)c1ccccc1. The fourth-order valence-electron chi connectivity index (χ4n) is 2.09. The highest BCUT2D eigenvalue weighted by molar-refractivity contribution is 7.99. The van der Waals surface area contributed by atoms with Crippen LogP contribution in [0.5, 0.6) is 0 Å². The second kappa shape index (κ2) is 8.86. The molecule has 0 spiro atoms. The number of nitrogens with one attached hydrogen (secondary N) is 1. The predicted octanol–water partition coefficient (Wildman–Crippen LogP) is 4.49. The van der Waals surface area contributed by atoms with Crippen LogP contribution in [0, 0.1) is 0 Å². The van der Waals surface area contributed by atoms with E-state index in [9.17, 15) is 4.79 Å². The Balaban J connectivity index is 1.69. The average molecular weight is 334 g/mol. The van der Waals surface area contributed by atoms with Gasteiger partial charge in [0.1, 0.15) is 0 Å². The fraction of sp³-hybridized carbons (Fsp3) is 0.278. The zero-order valence-electron chi connectivity index (χ0n) is 12.6. The van der Waals surface area contributed by atoms with Gasteiger partial charge in [-0.3, -0.25) is 4.79 Å². The molecule has 2 aromatic carbocycles. The van der Waals surface area contributed by atoms with Crippen molar-refractivity contribution in [2.24, 2.45) is 0 Å². The summed E-state index contributed by atoms with van der Waals surface area (Å²) in [6.45, 7) is 2.78. The lowest BCUT2D eigenvalue weighted by molar-refractivity contribution is -0.118. The van der Waals surface area contributed by atoms with E-state index in [0.29, 0.717) is 18.2 Å². The summed E-state index contributed by atoms with van der Waals surface area (Å²) >= 11 is 7.68. The molecule has 1 atom stereocenters. The van der Waals surface area contributed by atoms with Crippen molar-refractivity contribution in [3.05, 3.63) is 70.7 Å². The Hall–Kier alpha value is -1.45. The number of carbonyl (C=O) groups is 1. The molecule has 2 rings (SSSR count). The van der Waals surface area contributed by atoms with Gasteiger partial charge in [0.05, 0.1) is 5.75 Å². The third-order valence-corrected chi connectivity index (χ3v) is 4.77. The van der Waals surface area contributed by atoms with Crippen molar-refractivity contribution in [3.8, 4) is 0 Å². The van der Waals surface area contributed by atoms with Gasteiger partial charge in [0, 0.05) is 17.3 Å². The standard InChI is InChI=1S/C18H20ClNOS/c1-14(15-7-3-2-4-8-15)11-20-18(21)13-22-12-16-9-5-6-10-17(16)19/h2-10,14H,11-13H2,1H3,(H,20,21)/t14-/m1/s1. The van der Waals surface area contributed by atoms with Gasteiger partial charge in [0.2, 0.25) is 5.91 Å². The Kier molecular flexibility index (Phi) is 6.81. The Bertz CT molecular complexity index is 603. The lowest BCUT2D eigenvalue weighted by Gasteiger charge is -2.13. The molecule has 0 radical (unpaired) electrons. The molecule has 0 aliphatic rings. The van der Waals surface area contributed by atoms with Gasteiger partial charge in [-0.1, -0.05) is 67.1 Å². The highest BCUT2D eigenvalue weighted by Crippen LogP contribution is 2.20. The first kappa shape index (κ1) is 16.9. The first-order valence-corrected chi connectivity index (χ1v) is 8.83.